The minimum Gasteiger partial charge on any atom is -0.744 e. The van der Waals surface area contributed by atoms with Crippen LogP contribution in [-0.4, -0.2) is 78.6 Å². The molecule has 61 heavy (non-hydrogen) atoms. The molecule has 326 valence electrons. The molecule has 4 N–H and O–H groups in total. The Morgan fingerprint density at radius 2 is 1.49 bits per heavy atom. The van der Waals surface area contributed by atoms with Crippen molar-refractivity contribution in [2.45, 2.75) is 90.7 Å². The molecular weight excluding hydrogens is 873 g/mol. The van der Waals surface area contributed by atoms with Crippen LogP contribution in [0, 0.1) is 0 Å². The highest BCUT2D eigenvalue weighted by molar-refractivity contribution is 7.94. The fraction of sp³-hybridized carbons (Fsp3) is 0.317. The molecule has 0 spiro atoms. The van der Waals surface area contributed by atoms with E-state index in [4.69, 9.17) is 10.4 Å². The smallest absolute Gasteiger partial charge is 0.303 e. The summed E-state index contributed by atoms with van der Waals surface area (Å²) in [5.74, 6) is -0.905. The third-order valence-electron chi connectivity index (χ3n) is 11.1. The Hall–Kier alpha value is -4.48. The molecule has 0 aromatic heterocycles. The molecule has 0 atom stereocenters. The van der Waals surface area contributed by atoms with Crippen LogP contribution < -0.4 is 4.90 Å². The van der Waals surface area contributed by atoms with Crippen molar-refractivity contribution in [3.05, 3.63) is 95.7 Å². The molecule has 0 saturated heterocycles. The third-order valence-corrected chi connectivity index (χ3v) is 14.3. The molecule has 0 unspecified atom stereocenters. The van der Waals surface area contributed by atoms with Crippen LogP contribution in [0.1, 0.15) is 71.4 Å². The largest absolute Gasteiger partial charge is 0.744 e. The van der Waals surface area contributed by atoms with Gasteiger partial charge in [-0.25, -0.2) is 13.7 Å². The number of allylic oxidation sites excluding steroid dienone is 6. The van der Waals surface area contributed by atoms with Crippen LogP contribution in [0.4, 0.5) is 11.4 Å². The van der Waals surface area contributed by atoms with E-state index in [1.807, 2.05) is 69.6 Å². The van der Waals surface area contributed by atoms with Gasteiger partial charge < -0.3 is 14.6 Å². The van der Waals surface area contributed by atoms with Crippen molar-refractivity contribution in [3.8, 4) is 0 Å². The van der Waals surface area contributed by atoms with Crippen LogP contribution in [0.5, 0.6) is 0 Å². The van der Waals surface area contributed by atoms with Crippen molar-refractivity contribution in [2.24, 2.45) is 0 Å². The summed E-state index contributed by atoms with van der Waals surface area (Å²) in [4.78, 5) is 11.6. The Kier molecular flexibility index (Phi) is 12.8. The second kappa shape index (κ2) is 17.0. The van der Waals surface area contributed by atoms with E-state index in [0.29, 0.717) is 67.1 Å². The van der Waals surface area contributed by atoms with Gasteiger partial charge in [-0.15, -0.1) is 4.33 Å². The molecule has 0 fully saturated rings. The summed E-state index contributed by atoms with van der Waals surface area (Å²) in [5.41, 5.74) is 2.75. The van der Waals surface area contributed by atoms with Gasteiger partial charge in [0, 0.05) is 64.2 Å². The van der Waals surface area contributed by atoms with Gasteiger partial charge >= 0.3 is 5.97 Å². The number of fused-ring (bicyclic) bond motifs is 6. The first-order valence-electron chi connectivity index (χ1n) is 18.9. The molecule has 4 aromatic rings. The van der Waals surface area contributed by atoms with Gasteiger partial charge in [0.2, 0.25) is 5.69 Å². The quantitative estimate of drug-likeness (QED) is 0.0160. The van der Waals surface area contributed by atoms with Crippen LogP contribution in [0.3, 0.4) is 0 Å². The maximum Gasteiger partial charge on any atom is 0.303 e. The molecule has 0 bridgehead atoms. The number of nitrogens with zero attached hydrogens (tertiary/aromatic N) is 2. The van der Waals surface area contributed by atoms with E-state index in [1.54, 1.807) is 24.3 Å². The molecule has 0 aliphatic carbocycles. The summed E-state index contributed by atoms with van der Waals surface area (Å²) >= 11 is 0.537. The number of anilines is 1. The Bertz CT molecular complexity index is 2930. The van der Waals surface area contributed by atoms with Crippen LogP contribution in [-0.2, 0) is 55.4 Å². The van der Waals surface area contributed by atoms with Crippen LogP contribution in [0.15, 0.2) is 104 Å². The normalized spacial score (nSPS) is 17.1. The number of rotatable bonds is 16. The highest BCUT2D eigenvalue weighted by atomic mass is 32.2. The second-order valence-electron chi connectivity index (χ2n) is 15.6. The zero-order valence-electron chi connectivity index (χ0n) is 33.6. The Morgan fingerprint density at radius 3 is 2.11 bits per heavy atom. The number of hydrogen-bond acceptors (Lipinski definition) is 13. The molecule has 2 heterocycles. The van der Waals surface area contributed by atoms with Crippen molar-refractivity contribution in [2.75, 3.05) is 18.0 Å². The fourth-order valence-corrected chi connectivity index (χ4v) is 11.2. The van der Waals surface area contributed by atoms with Gasteiger partial charge in [-0.1, -0.05) is 43.2 Å². The number of hydrogen-bond donors (Lipinski definition) is 4. The molecule has 0 saturated carbocycles. The van der Waals surface area contributed by atoms with E-state index in [1.165, 1.54) is 12.1 Å². The molecular formula is C41H44N2O14S4. The fourth-order valence-electron chi connectivity index (χ4n) is 8.61. The number of aliphatic carboxylic acids is 1. The molecule has 20 heteroatoms. The highest BCUT2D eigenvalue weighted by Crippen LogP contribution is 2.52. The lowest BCUT2D eigenvalue weighted by Gasteiger charge is -2.26. The lowest BCUT2D eigenvalue weighted by Crippen LogP contribution is -2.28. The number of benzene rings is 4. The van der Waals surface area contributed by atoms with Gasteiger partial charge in [0.05, 0.1) is 27.2 Å². The monoisotopic (exact) mass is 916 g/mol. The first-order chi connectivity index (χ1) is 28.4. The number of likely N-dealkylation sites (N-methyl/N-ethyl adjacent to an activating group) is 1. The summed E-state index contributed by atoms with van der Waals surface area (Å²) in [7, 11) is -14.8. The summed E-state index contributed by atoms with van der Waals surface area (Å²) in [5, 5.41) is 22.6. The topological polar surface area (TPSA) is 248 Å². The summed E-state index contributed by atoms with van der Waals surface area (Å²) < 4.78 is 114. The SMILES string of the molecule is CCN1C(=CC=CC=CC2=[N+](CCCCCC(=O)O)c3ccc4c(S(=O)(=O)O)cc(S(=O)(=O)O)cc4c3C2(C)C)C(C)(C)c2c1ccc1c(S(=O)(=O)[O-])cc(SOOO)cc21. The van der Waals surface area contributed by atoms with Crippen molar-refractivity contribution < 1.29 is 68.0 Å². The first-order valence-corrected chi connectivity index (χ1v) is 24.0. The van der Waals surface area contributed by atoms with Crippen LogP contribution >= 0.6 is 12.0 Å². The van der Waals surface area contributed by atoms with Gasteiger partial charge in [-0.2, -0.15) is 21.4 Å². The van der Waals surface area contributed by atoms with Gasteiger partial charge in [0.25, 0.3) is 20.2 Å². The van der Waals surface area contributed by atoms with Gasteiger partial charge in [-0.3, -0.25) is 13.9 Å². The number of unbranched alkanes of at least 4 members (excludes halogenated alkanes) is 2. The minimum atomic E-state index is -4.94. The van der Waals surface area contributed by atoms with E-state index in [2.05, 4.69) is 14.3 Å². The van der Waals surface area contributed by atoms with Crippen molar-refractivity contribution >= 4 is 87.0 Å². The van der Waals surface area contributed by atoms with Crippen LogP contribution in [0.2, 0.25) is 0 Å². The summed E-state index contributed by atoms with van der Waals surface area (Å²) in [6.45, 7) is 10.6. The third kappa shape index (κ3) is 8.92. The van der Waals surface area contributed by atoms with Crippen molar-refractivity contribution in [1.29, 1.82) is 0 Å². The second-order valence-corrected chi connectivity index (χ2v) is 20.5. The average molecular weight is 917 g/mol. The van der Waals surface area contributed by atoms with Crippen molar-refractivity contribution in [1.82, 2.24) is 0 Å². The minimum absolute atomic E-state index is 0.00604. The number of carbonyl (C=O) groups is 1. The average Bonchev–Trinajstić information content (AvgIpc) is 3.52. The molecule has 6 rings (SSSR count). The molecule has 2 aliphatic rings. The van der Waals surface area contributed by atoms with E-state index in [9.17, 15) is 43.7 Å². The Labute approximate surface area is 357 Å². The predicted octanol–water partition coefficient (Wildman–Crippen LogP) is 7.65. The Balaban J connectivity index is 1.42. The molecule has 4 aromatic carbocycles. The van der Waals surface area contributed by atoms with Gasteiger partial charge in [0.1, 0.15) is 21.6 Å². The standard InChI is InChI=1S/C41H44N2O14S4/c1-6-42-31-18-16-27-29(21-25(58-57-56-46)22-33(27)60(50,51)52)38(31)40(2,3)35(42)13-9-7-10-14-36-41(4,5)39-30-23-26(59(47,48)49)24-34(61(53,54)55)28(30)17-19-32(39)43(36)20-12-8-11-15-37(44)45/h7,9-10,13-14,16-19,21-24H,6,8,11-12,15,20H2,1-5H3,(H4-,44,45,46,47,48,49,50,51,52,53,54,55). The molecule has 2 aliphatic heterocycles. The zero-order valence-corrected chi connectivity index (χ0v) is 36.9. The van der Waals surface area contributed by atoms with Crippen molar-refractivity contribution in [3.63, 3.8) is 0 Å². The summed E-state index contributed by atoms with van der Waals surface area (Å²) in [6, 6.07) is 11.2. The zero-order chi connectivity index (χ0) is 44.9. The van der Waals surface area contributed by atoms with E-state index in [0.717, 1.165) is 28.7 Å². The van der Waals surface area contributed by atoms with Crippen LogP contribution in [0.25, 0.3) is 21.5 Å². The molecule has 0 radical (unpaired) electrons. The van der Waals surface area contributed by atoms with E-state index >= 15 is 0 Å². The molecule has 0 amide bonds. The lowest BCUT2D eigenvalue weighted by molar-refractivity contribution is -0.438. The number of carboxylic acid groups (broad SMARTS) is 1. The maximum atomic E-state index is 12.5. The number of carboxylic acids is 1. The first kappa shape index (κ1) is 46.0. The lowest BCUT2D eigenvalue weighted by atomic mass is 9.79. The van der Waals surface area contributed by atoms with Gasteiger partial charge in [0.15, 0.2) is 5.71 Å². The van der Waals surface area contributed by atoms with E-state index in [-0.39, 0.29) is 27.5 Å². The molecule has 16 nitrogen and oxygen atoms in total. The highest BCUT2D eigenvalue weighted by Gasteiger charge is 2.46. The maximum absolute atomic E-state index is 12.5. The Morgan fingerprint density at radius 1 is 0.820 bits per heavy atom. The van der Waals surface area contributed by atoms with E-state index < -0.39 is 61.8 Å². The van der Waals surface area contributed by atoms with Gasteiger partial charge in [-0.05, 0) is 97.8 Å². The predicted molar refractivity (Wildman–Crippen MR) is 227 cm³/mol. The summed E-state index contributed by atoms with van der Waals surface area (Å²) in [6.07, 6.45) is 10.9.